The number of aliphatic hydroxyl groups is 1. The Kier molecular flexibility index (Phi) is 4.32. The number of allylic oxidation sites excluding steroid dienone is 1. The highest BCUT2D eigenvalue weighted by Crippen LogP contribution is 2.38. The van der Waals surface area contributed by atoms with Crippen LogP contribution in [0.15, 0.2) is 35.6 Å². The second-order valence-corrected chi connectivity index (χ2v) is 6.88. The van der Waals surface area contributed by atoms with Gasteiger partial charge >= 0.3 is 0 Å². The molecule has 24 heavy (non-hydrogen) atoms. The molecule has 1 aliphatic heterocycles. The molecule has 5 nitrogen and oxygen atoms in total. The quantitative estimate of drug-likeness (QED) is 0.829. The molecule has 5 heteroatoms. The van der Waals surface area contributed by atoms with Crippen LogP contribution in [0.1, 0.15) is 54.3 Å². The van der Waals surface area contributed by atoms with E-state index >= 15 is 0 Å². The molecule has 0 spiro atoms. The summed E-state index contributed by atoms with van der Waals surface area (Å²) in [6.45, 7) is 6.19. The summed E-state index contributed by atoms with van der Waals surface area (Å²) in [6, 6.07) is 6.14. The molecular weight excluding hydrogens is 306 g/mol. The van der Waals surface area contributed by atoms with Crippen molar-refractivity contribution in [1.29, 1.82) is 0 Å². The summed E-state index contributed by atoms with van der Waals surface area (Å²) in [5.74, 6) is -0.464. The number of Topliss-reactive ketones (excluding diaryl/α,β-unsaturated/α-hetero) is 2. The Balaban J connectivity index is 2.08. The van der Waals surface area contributed by atoms with Gasteiger partial charge in [0, 0.05) is 11.1 Å². The van der Waals surface area contributed by atoms with Crippen molar-refractivity contribution >= 4 is 11.6 Å². The fraction of sp³-hybridized carbons (Fsp3) is 0.474. The minimum absolute atomic E-state index is 0.0722. The van der Waals surface area contributed by atoms with Crippen LogP contribution in [0.4, 0.5) is 0 Å². The maximum Gasteiger partial charge on any atom is 0.228 e. The first-order valence-electron chi connectivity index (χ1n) is 8.41. The number of carbonyl (C=O) groups is 2. The molecule has 0 aromatic heterocycles. The Hall–Kier alpha value is -1.98. The van der Waals surface area contributed by atoms with Crippen molar-refractivity contribution in [2.24, 2.45) is 0 Å². The maximum atomic E-state index is 13.0. The molecule has 2 unspecified atom stereocenters. The number of unbranched alkanes of at least 4 members (excludes halogenated alkanes) is 1. The van der Waals surface area contributed by atoms with Crippen molar-refractivity contribution < 1.29 is 19.4 Å². The van der Waals surface area contributed by atoms with Gasteiger partial charge in [0.25, 0.3) is 0 Å². The number of carbonyl (C=O) groups excluding carboxylic acids is 2. The molecule has 1 aliphatic carbocycles. The zero-order valence-electron chi connectivity index (χ0n) is 14.3. The topological polar surface area (TPSA) is 75.6 Å². The summed E-state index contributed by atoms with van der Waals surface area (Å²) in [5, 5.41) is 13.9. The van der Waals surface area contributed by atoms with E-state index in [1.54, 1.807) is 38.1 Å². The van der Waals surface area contributed by atoms with Gasteiger partial charge in [0.1, 0.15) is 11.7 Å². The standard InChI is InChI=1S/C19H23NO4/c1-4-5-10-20-14-13-15(21)11-8-6-7-9-12(11)16(22)17(13)24-19(2,3)18(14)23/h6-9,14,18,20,23H,4-5,10H2,1-3H3. The largest absolute Gasteiger partial charge is 0.480 e. The van der Waals surface area contributed by atoms with Crippen LogP contribution in [-0.2, 0) is 4.74 Å². The second kappa shape index (κ2) is 6.15. The van der Waals surface area contributed by atoms with Gasteiger partial charge in [-0.05, 0) is 26.8 Å². The number of ether oxygens (including phenoxy) is 1. The highest BCUT2D eigenvalue weighted by Gasteiger charge is 2.50. The van der Waals surface area contributed by atoms with Crippen LogP contribution in [-0.4, -0.2) is 41.0 Å². The average Bonchev–Trinajstić information content (AvgIpc) is 2.56. The van der Waals surface area contributed by atoms with Crippen molar-refractivity contribution in [3.63, 3.8) is 0 Å². The van der Waals surface area contributed by atoms with Gasteiger partial charge in [0.2, 0.25) is 5.78 Å². The number of nitrogens with one attached hydrogen (secondary N) is 1. The molecule has 0 amide bonds. The summed E-state index contributed by atoms with van der Waals surface area (Å²) >= 11 is 0. The zero-order valence-corrected chi connectivity index (χ0v) is 14.3. The fourth-order valence-corrected chi connectivity index (χ4v) is 3.29. The molecule has 0 saturated carbocycles. The number of hydrogen-bond donors (Lipinski definition) is 2. The first kappa shape index (κ1) is 16.9. The summed E-state index contributed by atoms with van der Waals surface area (Å²) in [7, 11) is 0. The zero-order chi connectivity index (χ0) is 17.5. The molecule has 0 saturated heterocycles. The average molecular weight is 329 g/mol. The lowest BCUT2D eigenvalue weighted by atomic mass is 9.78. The third-order valence-corrected chi connectivity index (χ3v) is 4.71. The van der Waals surface area contributed by atoms with E-state index in [0.717, 1.165) is 12.8 Å². The van der Waals surface area contributed by atoms with Gasteiger partial charge in [-0.15, -0.1) is 0 Å². The van der Waals surface area contributed by atoms with Crippen LogP contribution >= 0.6 is 0 Å². The summed E-state index contributed by atoms with van der Waals surface area (Å²) in [6.07, 6.45) is 0.999. The second-order valence-electron chi connectivity index (χ2n) is 6.88. The summed E-state index contributed by atoms with van der Waals surface area (Å²) in [4.78, 5) is 25.8. The van der Waals surface area contributed by atoms with Crippen molar-refractivity contribution in [2.75, 3.05) is 6.54 Å². The van der Waals surface area contributed by atoms with E-state index in [1.165, 1.54) is 0 Å². The van der Waals surface area contributed by atoms with E-state index in [-0.39, 0.29) is 22.9 Å². The number of rotatable bonds is 4. The van der Waals surface area contributed by atoms with Crippen LogP contribution in [0.3, 0.4) is 0 Å². The van der Waals surface area contributed by atoms with E-state index in [9.17, 15) is 14.7 Å². The van der Waals surface area contributed by atoms with Gasteiger partial charge in [-0.1, -0.05) is 37.6 Å². The minimum Gasteiger partial charge on any atom is -0.480 e. The lowest BCUT2D eigenvalue weighted by molar-refractivity contribution is -0.0920. The summed E-state index contributed by atoms with van der Waals surface area (Å²) in [5.41, 5.74) is 0.0340. The van der Waals surface area contributed by atoms with Crippen molar-refractivity contribution in [2.45, 2.75) is 51.4 Å². The molecule has 1 aromatic rings. The predicted octanol–water partition coefficient (Wildman–Crippen LogP) is 2.25. The van der Waals surface area contributed by atoms with Gasteiger partial charge < -0.3 is 15.2 Å². The lowest BCUT2D eigenvalue weighted by Crippen LogP contribution is -2.59. The number of aliphatic hydroxyl groups excluding tert-OH is 1. The predicted molar refractivity (Wildman–Crippen MR) is 90.0 cm³/mol. The van der Waals surface area contributed by atoms with Gasteiger partial charge in [-0.3, -0.25) is 9.59 Å². The van der Waals surface area contributed by atoms with E-state index in [4.69, 9.17) is 4.74 Å². The Labute approximate surface area is 141 Å². The highest BCUT2D eigenvalue weighted by atomic mass is 16.5. The van der Waals surface area contributed by atoms with Gasteiger partial charge in [0.05, 0.1) is 11.6 Å². The van der Waals surface area contributed by atoms with E-state index in [2.05, 4.69) is 12.2 Å². The summed E-state index contributed by atoms with van der Waals surface area (Å²) < 4.78 is 5.79. The van der Waals surface area contributed by atoms with Crippen LogP contribution in [0.25, 0.3) is 0 Å². The third kappa shape index (κ3) is 2.58. The Morgan fingerprint density at radius 1 is 1.17 bits per heavy atom. The van der Waals surface area contributed by atoms with E-state index < -0.39 is 17.7 Å². The van der Waals surface area contributed by atoms with Crippen LogP contribution < -0.4 is 5.32 Å². The molecule has 1 heterocycles. The highest BCUT2D eigenvalue weighted by molar-refractivity contribution is 6.26. The Morgan fingerprint density at radius 2 is 1.79 bits per heavy atom. The van der Waals surface area contributed by atoms with Crippen LogP contribution in [0.5, 0.6) is 0 Å². The molecular formula is C19H23NO4. The van der Waals surface area contributed by atoms with Crippen molar-refractivity contribution in [1.82, 2.24) is 5.32 Å². The van der Waals surface area contributed by atoms with Crippen molar-refractivity contribution in [3.05, 3.63) is 46.7 Å². The molecule has 0 fully saturated rings. The Morgan fingerprint density at radius 3 is 2.42 bits per heavy atom. The van der Waals surface area contributed by atoms with Gasteiger partial charge in [0.15, 0.2) is 11.5 Å². The normalized spacial score (nSPS) is 25.2. The Bertz CT molecular complexity index is 720. The van der Waals surface area contributed by atoms with Crippen LogP contribution in [0, 0.1) is 0 Å². The maximum absolute atomic E-state index is 13.0. The SMILES string of the molecule is CCCCNC1C2=C(OC(C)(C)C1O)C(=O)c1ccccc1C2=O. The van der Waals surface area contributed by atoms with Crippen molar-refractivity contribution in [3.8, 4) is 0 Å². The lowest BCUT2D eigenvalue weighted by Gasteiger charge is -2.44. The van der Waals surface area contributed by atoms with Gasteiger partial charge in [-0.2, -0.15) is 0 Å². The molecule has 3 rings (SSSR count). The number of ketones is 2. The van der Waals surface area contributed by atoms with Crippen LogP contribution in [0.2, 0.25) is 0 Å². The van der Waals surface area contributed by atoms with E-state index in [0.29, 0.717) is 17.7 Å². The number of hydrogen-bond acceptors (Lipinski definition) is 5. The van der Waals surface area contributed by atoms with E-state index in [1.807, 2.05) is 0 Å². The monoisotopic (exact) mass is 329 g/mol. The smallest absolute Gasteiger partial charge is 0.228 e. The molecule has 2 aliphatic rings. The number of benzene rings is 1. The number of fused-ring (bicyclic) bond motifs is 1. The molecule has 2 atom stereocenters. The molecule has 128 valence electrons. The molecule has 0 bridgehead atoms. The first-order chi connectivity index (χ1) is 11.4. The first-order valence-corrected chi connectivity index (χ1v) is 8.41. The fourth-order valence-electron chi connectivity index (χ4n) is 3.29. The van der Waals surface area contributed by atoms with Gasteiger partial charge in [-0.25, -0.2) is 0 Å². The molecule has 2 N–H and O–H groups in total. The molecule has 0 radical (unpaired) electrons. The third-order valence-electron chi connectivity index (χ3n) is 4.71. The molecule has 1 aromatic carbocycles. The minimum atomic E-state index is -0.953.